The first-order chi connectivity index (χ1) is 19.9. The molecule has 2 aliphatic rings. The number of aromatic nitrogens is 7. The second-order valence-electron chi connectivity index (χ2n) is 9.73. The zero-order valence-electron chi connectivity index (χ0n) is 22.5. The molecule has 0 bridgehead atoms. The molecule has 0 spiro atoms. The first-order valence-electron chi connectivity index (χ1n) is 13.3. The number of anilines is 4. The number of nitrogens with zero attached hydrogens (tertiary/aromatic N) is 8. The van der Waals surface area contributed by atoms with Gasteiger partial charge in [-0.1, -0.05) is 35.6 Å². The number of hydrogen-bond donors (Lipinski definition) is 3. The van der Waals surface area contributed by atoms with Gasteiger partial charge in [-0.2, -0.15) is 9.97 Å². The fourth-order valence-corrected chi connectivity index (χ4v) is 5.88. The summed E-state index contributed by atoms with van der Waals surface area (Å²) in [5.74, 6) is 1.35. The van der Waals surface area contributed by atoms with Gasteiger partial charge in [-0.25, -0.2) is 14.9 Å². The number of benzene rings is 1. The minimum absolute atomic E-state index is 0.107. The number of fused-ring (bicyclic) bond motifs is 1. The standard InChI is InChI=1S/C26H28N10O4S/c1-3-40-24(39)20-14(2)27-26(41-20)30-25-28-22(35-10-8-16(37)9-11-35)18-12-19(38)36(23(18)29-25)13-15-6-4-5-7-17(15)21-31-33-34-32-21/h4-7,16,37H,3,8-13H2,1-2H3,(H,27,28,29,30)(H,31,32,33,34). The van der Waals surface area contributed by atoms with Gasteiger partial charge in [0.15, 0.2) is 11.0 Å². The Balaban J connectivity index is 1.37. The molecular weight excluding hydrogens is 548 g/mol. The number of rotatable bonds is 8. The van der Waals surface area contributed by atoms with Crippen LogP contribution in [0.15, 0.2) is 24.3 Å². The van der Waals surface area contributed by atoms with Gasteiger partial charge in [0.05, 0.1) is 31.4 Å². The molecule has 3 aromatic heterocycles. The summed E-state index contributed by atoms with van der Waals surface area (Å²) < 4.78 is 5.15. The van der Waals surface area contributed by atoms with E-state index in [-0.39, 0.29) is 37.5 Å². The third-order valence-electron chi connectivity index (χ3n) is 7.03. The topological polar surface area (TPSA) is 175 Å². The average Bonchev–Trinajstić information content (AvgIpc) is 3.69. The summed E-state index contributed by atoms with van der Waals surface area (Å²) in [5, 5.41) is 27.9. The van der Waals surface area contributed by atoms with Crippen LogP contribution in [0.25, 0.3) is 11.4 Å². The van der Waals surface area contributed by atoms with E-state index in [1.165, 1.54) is 0 Å². The van der Waals surface area contributed by atoms with Gasteiger partial charge >= 0.3 is 5.97 Å². The number of nitrogens with one attached hydrogen (secondary N) is 2. The Morgan fingerprint density at radius 3 is 2.73 bits per heavy atom. The van der Waals surface area contributed by atoms with E-state index < -0.39 is 5.97 Å². The van der Waals surface area contributed by atoms with E-state index in [4.69, 9.17) is 14.7 Å². The number of H-pyrrole nitrogens is 1. The van der Waals surface area contributed by atoms with Crippen molar-refractivity contribution in [3.05, 3.63) is 46.0 Å². The van der Waals surface area contributed by atoms with Crippen molar-refractivity contribution in [2.45, 2.75) is 45.8 Å². The van der Waals surface area contributed by atoms with Crippen molar-refractivity contribution in [1.29, 1.82) is 0 Å². The number of hydrogen-bond acceptors (Lipinski definition) is 13. The van der Waals surface area contributed by atoms with E-state index in [2.05, 4.69) is 35.8 Å². The van der Waals surface area contributed by atoms with Crippen molar-refractivity contribution < 1.29 is 19.4 Å². The van der Waals surface area contributed by atoms with Crippen LogP contribution < -0.4 is 15.1 Å². The highest BCUT2D eigenvalue weighted by atomic mass is 32.1. The lowest BCUT2D eigenvalue weighted by Gasteiger charge is -2.32. The molecule has 0 aliphatic carbocycles. The van der Waals surface area contributed by atoms with Crippen molar-refractivity contribution in [1.82, 2.24) is 35.6 Å². The van der Waals surface area contributed by atoms with Gasteiger partial charge in [0.1, 0.15) is 16.5 Å². The fraction of sp³-hybridized carbons (Fsp3) is 0.385. The van der Waals surface area contributed by atoms with Gasteiger partial charge < -0.3 is 14.7 Å². The number of carbonyl (C=O) groups excluding carboxylic acids is 2. The molecule has 0 unspecified atom stereocenters. The molecular formula is C26H28N10O4S. The molecule has 1 aromatic carbocycles. The Labute approximate surface area is 238 Å². The van der Waals surface area contributed by atoms with E-state index in [0.717, 1.165) is 28.0 Å². The summed E-state index contributed by atoms with van der Waals surface area (Å²) in [6.07, 6.45) is 0.997. The Morgan fingerprint density at radius 2 is 1.98 bits per heavy atom. The summed E-state index contributed by atoms with van der Waals surface area (Å²) in [6, 6.07) is 7.59. The number of carbonyl (C=O) groups is 2. The van der Waals surface area contributed by atoms with E-state index in [1.54, 1.807) is 18.7 Å². The molecule has 212 valence electrons. The quantitative estimate of drug-likeness (QED) is 0.262. The summed E-state index contributed by atoms with van der Waals surface area (Å²) >= 11 is 1.16. The molecule has 15 heteroatoms. The van der Waals surface area contributed by atoms with Gasteiger partial charge in [0.2, 0.25) is 11.9 Å². The number of esters is 1. The predicted molar refractivity (Wildman–Crippen MR) is 150 cm³/mol. The van der Waals surface area contributed by atoms with Gasteiger partial charge in [0.25, 0.3) is 0 Å². The molecule has 0 atom stereocenters. The molecule has 5 heterocycles. The van der Waals surface area contributed by atoms with Gasteiger partial charge in [-0.3, -0.25) is 15.0 Å². The molecule has 41 heavy (non-hydrogen) atoms. The highest BCUT2D eigenvalue weighted by Crippen LogP contribution is 2.38. The molecule has 0 radical (unpaired) electrons. The molecule has 2 aliphatic heterocycles. The second-order valence-corrected chi connectivity index (χ2v) is 10.7. The maximum Gasteiger partial charge on any atom is 0.350 e. The SMILES string of the molecule is CCOC(=O)c1sc(Nc2nc(N3CCC(O)CC3)c3c(n2)N(Cc2ccccc2-c2nnn[nH]2)C(=O)C3)nc1C. The number of aliphatic hydroxyl groups excluding tert-OH is 1. The molecule has 1 saturated heterocycles. The number of aryl methyl sites for hydroxylation is 1. The van der Waals surface area contributed by atoms with Crippen molar-refractivity contribution in [2.24, 2.45) is 0 Å². The highest BCUT2D eigenvalue weighted by Gasteiger charge is 2.35. The van der Waals surface area contributed by atoms with E-state index >= 15 is 0 Å². The molecule has 4 aromatic rings. The highest BCUT2D eigenvalue weighted by molar-refractivity contribution is 7.17. The summed E-state index contributed by atoms with van der Waals surface area (Å²) in [6.45, 7) is 5.21. The number of ether oxygens (including phenoxy) is 1. The number of thiazole rings is 1. The normalized spacial score (nSPS) is 15.3. The number of amides is 1. The third-order valence-corrected chi connectivity index (χ3v) is 8.09. The summed E-state index contributed by atoms with van der Waals surface area (Å²) in [7, 11) is 0. The van der Waals surface area contributed by atoms with E-state index in [1.807, 2.05) is 24.3 Å². The zero-order valence-corrected chi connectivity index (χ0v) is 23.3. The lowest BCUT2D eigenvalue weighted by Crippen LogP contribution is -2.37. The lowest BCUT2D eigenvalue weighted by molar-refractivity contribution is -0.117. The van der Waals surface area contributed by atoms with Crippen LogP contribution in [-0.2, 0) is 22.5 Å². The first-order valence-corrected chi connectivity index (χ1v) is 14.1. The predicted octanol–water partition coefficient (Wildman–Crippen LogP) is 2.39. The maximum absolute atomic E-state index is 13.4. The van der Waals surface area contributed by atoms with Crippen LogP contribution in [0, 0.1) is 6.92 Å². The second kappa shape index (κ2) is 11.2. The van der Waals surface area contributed by atoms with Crippen LogP contribution >= 0.6 is 11.3 Å². The van der Waals surface area contributed by atoms with Gasteiger partial charge in [-0.05, 0) is 42.7 Å². The van der Waals surface area contributed by atoms with E-state index in [0.29, 0.717) is 59.1 Å². The fourth-order valence-electron chi connectivity index (χ4n) is 5.03. The minimum Gasteiger partial charge on any atom is -0.462 e. The number of tetrazole rings is 1. The van der Waals surface area contributed by atoms with Crippen LogP contribution in [0.1, 0.15) is 46.3 Å². The Kier molecular flexibility index (Phi) is 7.28. The Bertz CT molecular complexity index is 1580. The maximum atomic E-state index is 13.4. The largest absolute Gasteiger partial charge is 0.462 e. The summed E-state index contributed by atoms with van der Waals surface area (Å²) in [5.41, 5.74) is 2.90. The molecule has 6 rings (SSSR count). The number of aromatic amines is 1. The van der Waals surface area contributed by atoms with Crippen molar-refractivity contribution in [3.8, 4) is 11.4 Å². The van der Waals surface area contributed by atoms with Crippen molar-refractivity contribution in [2.75, 3.05) is 34.8 Å². The minimum atomic E-state index is -0.435. The van der Waals surface area contributed by atoms with Crippen LogP contribution in [0.3, 0.4) is 0 Å². The first kappa shape index (κ1) is 26.7. The zero-order chi connectivity index (χ0) is 28.5. The summed E-state index contributed by atoms with van der Waals surface area (Å²) in [4.78, 5) is 44.0. The monoisotopic (exact) mass is 576 g/mol. The molecule has 0 saturated carbocycles. The van der Waals surface area contributed by atoms with Crippen molar-refractivity contribution in [3.63, 3.8) is 0 Å². The van der Waals surface area contributed by atoms with Gasteiger partial charge in [0, 0.05) is 24.2 Å². The molecule has 1 amide bonds. The van der Waals surface area contributed by atoms with Crippen molar-refractivity contribution >= 4 is 45.9 Å². The van der Waals surface area contributed by atoms with Crippen LogP contribution in [0.5, 0.6) is 0 Å². The number of aliphatic hydroxyl groups is 1. The average molecular weight is 577 g/mol. The number of piperidine rings is 1. The molecule has 3 N–H and O–H groups in total. The van der Waals surface area contributed by atoms with Crippen LogP contribution in [0.4, 0.5) is 22.7 Å². The lowest BCUT2D eigenvalue weighted by atomic mass is 10.1. The van der Waals surface area contributed by atoms with E-state index in [9.17, 15) is 14.7 Å². The Morgan fingerprint density at radius 1 is 1.20 bits per heavy atom. The molecule has 14 nitrogen and oxygen atoms in total. The van der Waals surface area contributed by atoms with Gasteiger partial charge in [-0.15, -0.1) is 5.10 Å². The van der Waals surface area contributed by atoms with Crippen LogP contribution in [0.2, 0.25) is 0 Å². The smallest absolute Gasteiger partial charge is 0.350 e. The Hall–Kier alpha value is -4.50. The third kappa shape index (κ3) is 5.32. The molecule has 1 fully saturated rings. The van der Waals surface area contributed by atoms with Crippen LogP contribution in [-0.4, -0.2) is 78.4 Å².